The number of ether oxygens (including phenoxy) is 4. The molecule has 2 aliphatic heterocycles. The zero-order valence-corrected chi connectivity index (χ0v) is 21.4. The average Bonchev–Trinajstić information content (AvgIpc) is 3.46. The fourth-order valence-corrected chi connectivity index (χ4v) is 6.22. The highest BCUT2D eigenvalue weighted by Gasteiger charge is 2.40. The molecule has 4 atom stereocenters. The van der Waals surface area contributed by atoms with Crippen molar-refractivity contribution in [1.82, 2.24) is 9.78 Å². The van der Waals surface area contributed by atoms with Crippen molar-refractivity contribution < 1.29 is 31.5 Å². The Morgan fingerprint density at radius 2 is 1.83 bits per heavy atom. The molecular formula is C25H34N2O7S. The summed E-state index contributed by atoms with van der Waals surface area (Å²) in [7, 11) is -0.275. The number of hydrogen-bond acceptors (Lipinski definition) is 8. The lowest BCUT2D eigenvalue weighted by atomic mass is 9.80. The van der Waals surface area contributed by atoms with Gasteiger partial charge in [0.1, 0.15) is 23.8 Å². The molecule has 5 rings (SSSR count). The van der Waals surface area contributed by atoms with Gasteiger partial charge in [0.2, 0.25) is 0 Å². The van der Waals surface area contributed by atoms with Crippen molar-refractivity contribution in [3.05, 3.63) is 40.7 Å². The van der Waals surface area contributed by atoms with Crippen molar-refractivity contribution in [2.24, 2.45) is 0 Å². The highest BCUT2D eigenvalue weighted by Crippen LogP contribution is 2.42. The molecule has 2 aromatic rings. The molecule has 0 saturated carbocycles. The quantitative estimate of drug-likeness (QED) is 0.528. The second-order valence-electron chi connectivity index (χ2n) is 9.64. The molecule has 0 radical (unpaired) electrons. The van der Waals surface area contributed by atoms with Gasteiger partial charge in [0.15, 0.2) is 0 Å². The predicted octanol–water partition coefficient (Wildman–Crippen LogP) is 3.33. The van der Waals surface area contributed by atoms with Crippen molar-refractivity contribution in [2.75, 3.05) is 40.3 Å². The van der Waals surface area contributed by atoms with E-state index in [-0.39, 0.29) is 24.7 Å². The molecule has 35 heavy (non-hydrogen) atoms. The summed E-state index contributed by atoms with van der Waals surface area (Å²) in [5, 5.41) is 5.06. The minimum atomic E-state index is -3.60. The van der Waals surface area contributed by atoms with Gasteiger partial charge in [-0.15, -0.1) is 0 Å². The Bertz CT molecular complexity index is 1130. The summed E-state index contributed by atoms with van der Waals surface area (Å²) in [6.07, 6.45) is 6.06. The lowest BCUT2D eigenvalue weighted by Crippen LogP contribution is -2.25. The standard InChI is InChI=1S/C25H34N2O7S/c1-30-18-10-17(11-19(13-18)31-2)16-7-8-20-22(12-16)27(24-6-4-5-9-33-24)26-25(20)21-14-32-15-23(21)34-35(3,28)29/h10-11,13,16,21,23-24H,4-9,12,14-15H2,1-3H3. The number of methoxy groups -OCH3 is 2. The van der Waals surface area contributed by atoms with Crippen molar-refractivity contribution in [3.8, 4) is 11.5 Å². The van der Waals surface area contributed by atoms with Gasteiger partial charge in [-0.3, -0.25) is 4.18 Å². The van der Waals surface area contributed by atoms with E-state index < -0.39 is 16.2 Å². The molecule has 4 unspecified atom stereocenters. The number of hydrogen-bond donors (Lipinski definition) is 0. The number of benzene rings is 1. The van der Waals surface area contributed by atoms with E-state index in [1.807, 2.05) is 6.07 Å². The number of fused-ring (bicyclic) bond motifs is 1. The van der Waals surface area contributed by atoms with Crippen LogP contribution in [0.2, 0.25) is 0 Å². The van der Waals surface area contributed by atoms with Crippen LogP contribution in [0.25, 0.3) is 0 Å². The lowest BCUT2D eigenvalue weighted by Gasteiger charge is -2.29. The van der Waals surface area contributed by atoms with Crippen LogP contribution in [-0.4, -0.2) is 64.6 Å². The number of rotatable bonds is 7. The van der Waals surface area contributed by atoms with Crippen LogP contribution in [0, 0.1) is 0 Å². The molecular weight excluding hydrogens is 472 g/mol. The fourth-order valence-electron chi connectivity index (χ4n) is 5.58. The van der Waals surface area contributed by atoms with Crippen LogP contribution in [-0.2, 0) is 36.6 Å². The molecule has 2 fully saturated rings. The van der Waals surface area contributed by atoms with E-state index in [4.69, 9.17) is 28.2 Å². The third-order valence-corrected chi connectivity index (χ3v) is 7.88. The van der Waals surface area contributed by atoms with Crippen LogP contribution in [0.15, 0.2) is 18.2 Å². The van der Waals surface area contributed by atoms with Crippen molar-refractivity contribution in [3.63, 3.8) is 0 Å². The van der Waals surface area contributed by atoms with Crippen LogP contribution < -0.4 is 9.47 Å². The van der Waals surface area contributed by atoms with E-state index in [0.29, 0.717) is 6.61 Å². The van der Waals surface area contributed by atoms with E-state index in [1.54, 1.807) is 14.2 Å². The molecule has 0 N–H and O–H groups in total. The molecule has 192 valence electrons. The molecule has 1 aromatic heterocycles. The molecule has 10 heteroatoms. The second-order valence-corrected chi connectivity index (χ2v) is 11.2. The maximum absolute atomic E-state index is 11.9. The van der Waals surface area contributed by atoms with E-state index >= 15 is 0 Å². The first-order valence-corrected chi connectivity index (χ1v) is 14.1. The summed E-state index contributed by atoms with van der Waals surface area (Å²) in [6, 6.07) is 6.05. The van der Waals surface area contributed by atoms with Crippen LogP contribution >= 0.6 is 0 Å². The third-order valence-electron chi connectivity index (χ3n) is 7.28. The van der Waals surface area contributed by atoms with Crippen LogP contribution in [0.3, 0.4) is 0 Å². The zero-order valence-electron chi connectivity index (χ0n) is 20.6. The third kappa shape index (κ3) is 5.21. The van der Waals surface area contributed by atoms with E-state index in [0.717, 1.165) is 74.3 Å². The summed E-state index contributed by atoms with van der Waals surface area (Å²) in [5.74, 6) is 1.61. The van der Waals surface area contributed by atoms with Gasteiger partial charge in [-0.1, -0.05) is 0 Å². The van der Waals surface area contributed by atoms with E-state index in [9.17, 15) is 8.42 Å². The Morgan fingerprint density at radius 3 is 2.49 bits per heavy atom. The average molecular weight is 507 g/mol. The van der Waals surface area contributed by atoms with Gasteiger partial charge < -0.3 is 18.9 Å². The Labute approximate surface area is 206 Å². The first-order chi connectivity index (χ1) is 16.9. The zero-order chi connectivity index (χ0) is 24.6. The Morgan fingerprint density at radius 1 is 1.06 bits per heavy atom. The fraction of sp³-hybridized carbons (Fsp3) is 0.640. The first kappa shape index (κ1) is 24.5. The smallest absolute Gasteiger partial charge is 0.264 e. The van der Waals surface area contributed by atoms with Gasteiger partial charge in [0, 0.05) is 18.4 Å². The molecule has 3 heterocycles. The Kier molecular flexibility index (Phi) is 7.07. The highest BCUT2D eigenvalue weighted by atomic mass is 32.2. The van der Waals surface area contributed by atoms with Gasteiger partial charge >= 0.3 is 0 Å². The molecule has 9 nitrogen and oxygen atoms in total. The summed E-state index contributed by atoms with van der Waals surface area (Å²) < 4.78 is 54.0. The highest BCUT2D eigenvalue weighted by molar-refractivity contribution is 7.86. The molecule has 0 bridgehead atoms. The predicted molar refractivity (Wildman–Crippen MR) is 129 cm³/mol. The number of aromatic nitrogens is 2. The van der Waals surface area contributed by atoms with Crippen molar-refractivity contribution >= 4 is 10.1 Å². The van der Waals surface area contributed by atoms with Crippen molar-refractivity contribution in [1.29, 1.82) is 0 Å². The molecule has 1 aliphatic carbocycles. The molecule has 1 aromatic carbocycles. The monoisotopic (exact) mass is 506 g/mol. The topological polar surface area (TPSA) is 98.1 Å². The first-order valence-electron chi connectivity index (χ1n) is 12.3. The van der Waals surface area contributed by atoms with E-state index in [1.165, 1.54) is 11.1 Å². The van der Waals surface area contributed by atoms with Crippen molar-refractivity contribution in [2.45, 2.75) is 62.7 Å². The van der Waals surface area contributed by atoms with Gasteiger partial charge in [-0.05, 0) is 67.7 Å². The molecule has 2 saturated heterocycles. The Hall–Kier alpha value is -2.14. The normalized spacial score (nSPS) is 26.9. The Balaban J connectivity index is 1.51. The lowest BCUT2D eigenvalue weighted by molar-refractivity contribution is -0.0417. The second kappa shape index (κ2) is 10.1. The molecule has 0 spiro atoms. The van der Waals surface area contributed by atoms with Gasteiger partial charge in [0.25, 0.3) is 10.1 Å². The maximum Gasteiger partial charge on any atom is 0.264 e. The summed E-state index contributed by atoms with van der Waals surface area (Å²) in [6.45, 7) is 1.36. The largest absolute Gasteiger partial charge is 0.497 e. The van der Waals surface area contributed by atoms with E-state index in [2.05, 4.69) is 16.8 Å². The molecule has 3 aliphatic rings. The van der Waals surface area contributed by atoms with Gasteiger partial charge in [-0.2, -0.15) is 13.5 Å². The minimum Gasteiger partial charge on any atom is -0.497 e. The van der Waals surface area contributed by atoms with Crippen LogP contribution in [0.5, 0.6) is 11.5 Å². The van der Waals surface area contributed by atoms with Crippen LogP contribution in [0.4, 0.5) is 0 Å². The SMILES string of the molecule is COc1cc(OC)cc(C2CCc3c(C4COCC4OS(C)(=O)=O)nn(C4CCCCO4)c3C2)c1. The summed E-state index contributed by atoms with van der Waals surface area (Å²) >= 11 is 0. The summed E-state index contributed by atoms with van der Waals surface area (Å²) in [5.41, 5.74) is 4.41. The number of nitrogens with zero attached hydrogens (tertiary/aromatic N) is 2. The maximum atomic E-state index is 11.9. The summed E-state index contributed by atoms with van der Waals surface area (Å²) in [4.78, 5) is 0. The van der Waals surface area contributed by atoms with Crippen LogP contribution in [0.1, 0.15) is 66.3 Å². The minimum absolute atomic E-state index is 0.110. The van der Waals surface area contributed by atoms with Gasteiger partial charge in [0.05, 0.1) is 45.3 Å². The molecule has 0 amide bonds. The van der Waals surface area contributed by atoms with Gasteiger partial charge in [-0.25, -0.2) is 4.68 Å².